The van der Waals surface area contributed by atoms with Crippen LogP contribution in [-0.2, 0) is 22.6 Å². The smallest absolute Gasteiger partial charge is 0.261 e. The topological polar surface area (TPSA) is 58.6 Å². The Kier molecular flexibility index (Phi) is 10.2. The summed E-state index contributed by atoms with van der Waals surface area (Å²) in [5, 5.41) is 3.91. The lowest BCUT2D eigenvalue weighted by atomic mass is 10.0. The largest absolute Gasteiger partial charge is 0.484 e. The van der Waals surface area contributed by atoms with E-state index in [0.29, 0.717) is 27.8 Å². The zero-order valence-corrected chi connectivity index (χ0v) is 22.4. The molecule has 0 heterocycles. The number of carbonyl (C=O) groups excluding carboxylic acids is 2. The van der Waals surface area contributed by atoms with Gasteiger partial charge in [0.25, 0.3) is 5.91 Å². The van der Waals surface area contributed by atoms with Crippen LogP contribution >= 0.6 is 23.2 Å². The van der Waals surface area contributed by atoms with E-state index < -0.39 is 6.04 Å². The average Bonchev–Trinajstić information content (AvgIpc) is 2.87. The van der Waals surface area contributed by atoms with Crippen LogP contribution in [0.25, 0.3) is 0 Å². The third kappa shape index (κ3) is 7.49. The molecule has 0 saturated heterocycles. The summed E-state index contributed by atoms with van der Waals surface area (Å²) in [5.41, 5.74) is 2.44. The molecule has 5 nitrogen and oxygen atoms in total. The molecule has 36 heavy (non-hydrogen) atoms. The lowest BCUT2D eigenvalue weighted by Gasteiger charge is -2.32. The molecule has 0 spiro atoms. The van der Waals surface area contributed by atoms with Crippen LogP contribution in [0, 0.1) is 6.92 Å². The number of para-hydroxylation sites is 1. The summed E-state index contributed by atoms with van der Waals surface area (Å²) < 4.78 is 5.87. The number of hydrogen-bond donors (Lipinski definition) is 1. The number of halogens is 2. The van der Waals surface area contributed by atoms with Crippen LogP contribution < -0.4 is 10.1 Å². The molecule has 0 bridgehead atoms. The molecule has 190 valence electrons. The van der Waals surface area contributed by atoms with Crippen LogP contribution in [0.4, 0.5) is 0 Å². The first-order valence-electron chi connectivity index (χ1n) is 12.0. The maximum atomic E-state index is 13.7. The molecule has 2 atom stereocenters. The summed E-state index contributed by atoms with van der Waals surface area (Å²) in [5.74, 6) is 0.0420. The van der Waals surface area contributed by atoms with E-state index in [-0.39, 0.29) is 31.0 Å². The molecule has 0 aliphatic rings. The highest BCUT2D eigenvalue weighted by Crippen LogP contribution is 2.27. The van der Waals surface area contributed by atoms with Gasteiger partial charge in [0.2, 0.25) is 5.91 Å². The van der Waals surface area contributed by atoms with Gasteiger partial charge in [0, 0.05) is 34.6 Å². The van der Waals surface area contributed by atoms with Crippen LogP contribution in [0.3, 0.4) is 0 Å². The lowest BCUT2D eigenvalue weighted by molar-refractivity contribution is -0.143. The highest BCUT2D eigenvalue weighted by molar-refractivity contribution is 6.36. The van der Waals surface area contributed by atoms with Gasteiger partial charge in [-0.25, -0.2) is 0 Å². The van der Waals surface area contributed by atoms with Gasteiger partial charge in [-0.2, -0.15) is 0 Å². The first-order valence-corrected chi connectivity index (χ1v) is 12.8. The first-order chi connectivity index (χ1) is 17.3. The van der Waals surface area contributed by atoms with Gasteiger partial charge < -0.3 is 15.0 Å². The molecule has 0 fully saturated rings. The molecule has 2 amide bonds. The van der Waals surface area contributed by atoms with Crippen molar-refractivity contribution in [1.82, 2.24) is 10.2 Å². The quantitative estimate of drug-likeness (QED) is 0.322. The number of nitrogens with zero attached hydrogens (tertiary/aromatic N) is 1. The fraction of sp³-hybridized carbons (Fsp3) is 0.310. The SMILES string of the molecule is CC[C@@H](C)NC(=O)[C@@H](Cc1ccccc1)N(Cc1c(Cl)cccc1Cl)C(=O)COc1ccccc1C. The molecular formula is C29H32Cl2N2O3. The van der Waals surface area contributed by atoms with Crippen molar-refractivity contribution in [2.75, 3.05) is 6.61 Å². The third-order valence-electron chi connectivity index (χ3n) is 6.11. The molecule has 7 heteroatoms. The normalized spacial score (nSPS) is 12.5. The van der Waals surface area contributed by atoms with Crippen molar-refractivity contribution in [1.29, 1.82) is 0 Å². The summed E-state index contributed by atoms with van der Waals surface area (Å²) in [4.78, 5) is 28.7. The van der Waals surface area contributed by atoms with E-state index in [1.54, 1.807) is 18.2 Å². The Hall–Kier alpha value is -3.02. The molecule has 0 aromatic heterocycles. The molecule has 0 saturated carbocycles. The van der Waals surface area contributed by atoms with Crippen LogP contribution in [-0.4, -0.2) is 35.4 Å². The van der Waals surface area contributed by atoms with Crippen LogP contribution in [0.2, 0.25) is 10.0 Å². The molecule has 0 aliphatic carbocycles. The lowest BCUT2D eigenvalue weighted by Crippen LogP contribution is -2.53. The second-order valence-electron chi connectivity index (χ2n) is 8.80. The fourth-order valence-electron chi connectivity index (χ4n) is 3.79. The molecular weight excluding hydrogens is 495 g/mol. The second kappa shape index (κ2) is 13.3. The minimum atomic E-state index is -0.790. The van der Waals surface area contributed by atoms with Crippen molar-refractivity contribution in [2.45, 2.75) is 52.2 Å². The number of nitrogens with one attached hydrogen (secondary N) is 1. The van der Waals surface area contributed by atoms with Gasteiger partial charge in [0.05, 0.1) is 0 Å². The predicted octanol–water partition coefficient (Wildman–Crippen LogP) is 6.24. The van der Waals surface area contributed by atoms with Crippen LogP contribution in [0.15, 0.2) is 72.8 Å². The molecule has 3 aromatic rings. The Labute approximate surface area is 223 Å². The second-order valence-corrected chi connectivity index (χ2v) is 9.61. The van der Waals surface area contributed by atoms with E-state index in [1.807, 2.05) is 75.4 Å². The van der Waals surface area contributed by atoms with E-state index in [9.17, 15) is 9.59 Å². The summed E-state index contributed by atoms with van der Waals surface area (Å²) in [6.07, 6.45) is 1.10. The maximum absolute atomic E-state index is 13.7. The number of ether oxygens (including phenoxy) is 1. The zero-order valence-electron chi connectivity index (χ0n) is 20.8. The molecule has 0 unspecified atom stereocenters. The number of hydrogen-bond acceptors (Lipinski definition) is 3. The Morgan fingerprint density at radius 3 is 2.22 bits per heavy atom. The third-order valence-corrected chi connectivity index (χ3v) is 6.82. The van der Waals surface area contributed by atoms with E-state index >= 15 is 0 Å². The summed E-state index contributed by atoms with van der Waals surface area (Å²) in [6, 6.07) is 21.5. The van der Waals surface area contributed by atoms with Crippen molar-refractivity contribution in [2.24, 2.45) is 0 Å². The molecule has 0 aliphatic heterocycles. The monoisotopic (exact) mass is 526 g/mol. The first kappa shape index (κ1) is 27.6. The van der Waals surface area contributed by atoms with Crippen LogP contribution in [0.1, 0.15) is 37.0 Å². The van der Waals surface area contributed by atoms with Gasteiger partial charge in [-0.05, 0) is 49.6 Å². The Balaban J connectivity index is 1.97. The van der Waals surface area contributed by atoms with Gasteiger partial charge in [-0.1, -0.05) is 84.7 Å². The maximum Gasteiger partial charge on any atom is 0.261 e. The van der Waals surface area contributed by atoms with Crippen molar-refractivity contribution in [3.63, 3.8) is 0 Å². The minimum absolute atomic E-state index is 0.0418. The van der Waals surface area contributed by atoms with Crippen molar-refractivity contribution >= 4 is 35.0 Å². The Morgan fingerprint density at radius 2 is 1.58 bits per heavy atom. The number of benzene rings is 3. The van der Waals surface area contributed by atoms with E-state index in [4.69, 9.17) is 27.9 Å². The van der Waals surface area contributed by atoms with Gasteiger partial charge in [-0.15, -0.1) is 0 Å². The number of rotatable bonds is 11. The molecule has 3 aromatic carbocycles. The summed E-state index contributed by atoms with van der Waals surface area (Å²) >= 11 is 12.9. The van der Waals surface area contributed by atoms with Gasteiger partial charge in [-0.3, -0.25) is 9.59 Å². The summed E-state index contributed by atoms with van der Waals surface area (Å²) in [7, 11) is 0. The van der Waals surface area contributed by atoms with E-state index in [2.05, 4.69) is 5.32 Å². The zero-order chi connectivity index (χ0) is 26.1. The highest BCUT2D eigenvalue weighted by atomic mass is 35.5. The van der Waals surface area contributed by atoms with Crippen molar-refractivity contribution < 1.29 is 14.3 Å². The average molecular weight is 527 g/mol. The van der Waals surface area contributed by atoms with E-state index in [0.717, 1.165) is 17.5 Å². The number of amides is 2. The van der Waals surface area contributed by atoms with Crippen LogP contribution in [0.5, 0.6) is 5.75 Å². The fourth-order valence-corrected chi connectivity index (χ4v) is 4.31. The van der Waals surface area contributed by atoms with Gasteiger partial charge in [0.15, 0.2) is 6.61 Å². The molecule has 3 rings (SSSR count). The van der Waals surface area contributed by atoms with Crippen molar-refractivity contribution in [3.05, 3.63) is 99.5 Å². The standard InChI is InChI=1S/C29H32Cl2N2O3/c1-4-21(3)32-29(35)26(17-22-12-6-5-7-13-22)33(18-23-24(30)14-10-15-25(23)31)28(34)19-36-27-16-9-8-11-20(27)2/h5-16,21,26H,4,17-19H2,1-3H3,(H,32,35)/t21-,26-/m1/s1. The number of aryl methyl sites for hydroxylation is 1. The molecule has 1 N–H and O–H groups in total. The minimum Gasteiger partial charge on any atom is -0.484 e. The van der Waals surface area contributed by atoms with Gasteiger partial charge in [0.1, 0.15) is 11.8 Å². The predicted molar refractivity (Wildman–Crippen MR) is 146 cm³/mol. The number of carbonyl (C=O) groups is 2. The van der Waals surface area contributed by atoms with Gasteiger partial charge >= 0.3 is 0 Å². The molecule has 0 radical (unpaired) electrons. The summed E-state index contributed by atoms with van der Waals surface area (Å²) in [6.45, 7) is 5.70. The Bertz CT molecular complexity index is 1150. The van der Waals surface area contributed by atoms with Crippen molar-refractivity contribution in [3.8, 4) is 5.75 Å². The van der Waals surface area contributed by atoms with E-state index in [1.165, 1.54) is 4.90 Å². The Morgan fingerprint density at radius 1 is 0.944 bits per heavy atom. The highest BCUT2D eigenvalue weighted by Gasteiger charge is 2.32.